The Kier molecular flexibility index (Phi) is 6.82. The van der Waals surface area contributed by atoms with Crippen molar-refractivity contribution in [1.82, 2.24) is 24.8 Å². The lowest BCUT2D eigenvalue weighted by atomic mass is 9.96. The second-order valence-corrected chi connectivity index (χ2v) is 8.69. The van der Waals surface area contributed by atoms with Gasteiger partial charge in [-0.2, -0.15) is 0 Å². The van der Waals surface area contributed by atoms with E-state index < -0.39 is 0 Å². The molecule has 0 unspecified atom stereocenters. The minimum Gasteiger partial charge on any atom is -0.379 e. The van der Waals surface area contributed by atoms with Gasteiger partial charge >= 0.3 is 0 Å². The number of amides is 1. The van der Waals surface area contributed by atoms with E-state index in [1.807, 2.05) is 13.8 Å². The van der Waals surface area contributed by atoms with E-state index in [0.29, 0.717) is 13.2 Å². The van der Waals surface area contributed by atoms with Crippen LogP contribution in [0.5, 0.6) is 0 Å². The fourth-order valence-electron chi connectivity index (χ4n) is 4.46. The molecule has 0 saturated carbocycles. The third-order valence-corrected chi connectivity index (χ3v) is 6.11. The standard InChI is InChI=1S/C22H34N6O2/c1-16(2)30-14-6-10-23-22(29)17-8-12-27(13-9-17)20-19-21(25-15-24-20)28-11-5-3-4-7-18(28)26-19/h15-17H,3-14H2,1-2H3,(H,23,29). The number of aryl methyl sites for hydroxylation is 2. The maximum absolute atomic E-state index is 12.5. The molecule has 0 radical (unpaired) electrons. The number of aromatic nitrogens is 4. The molecule has 1 amide bonds. The highest BCUT2D eigenvalue weighted by molar-refractivity contribution is 5.84. The highest BCUT2D eigenvalue weighted by atomic mass is 16.5. The number of ether oxygens (including phenoxy) is 1. The first-order valence-corrected chi connectivity index (χ1v) is 11.5. The quantitative estimate of drug-likeness (QED) is 0.701. The molecule has 2 aliphatic heterocycles. The van der Waals surface area contributed by atoms with Crippen LogP contribution in [-0.2, 0) is 22.5 Å². The molecule has 8 heteroatoms. The Morgan fingerprint density at radius 3 is 2.83 bits per heavy atom. The van der Waals surface area contributed by atoms with Gasteiger partial charge in [0, 0.05) is 45.1 Å². The van der Waals surface area contributed by atoms with Gasteiger partial charge in [-0.3, -0.25) is 4.79 Å². The molecule has 1 N–H and O–H groups in total. The van der Waals surface area contributed by atoms with Gasteiger partial charge < -0.3 is 19.5 Å². The topological polar surface area (TPSA) is 85.2 Å². The Morgan fingerprint density at radius 1 is 1.20 bits per heavy atom. The van der Waals surface area contributed by atoms with Crippen molar-refractivity contribution in [3.05, 3.63) is 12.2 Å². The summed E-state index contributed by atoms with van der Waals surface area (Å²) in [5.74, 6) is 2.30. The second-order valence-electron chi connectivity index (χ2n) is 8.69. The number of nitrogens with zero attached hydrogens (tertiary/aromatic N) is 5. The molecule has 4 rings (SSSR count). The summed E-state index contributed by atoms with van der Waals surface area (Å²) in [4.78, 5) is 28.8. The highest BCUT2D eigenvalue weighted by Gasteiger charge is 2.27. The average molecular weight is 415 g/mol. The van der Waals surface area contributed by atoms with Crippen LogP contribution >= 0.6 is 0 Å². The van der Waals surface area contributed by atoms with Crippen molar-refractivity contribution in [2.24, 2.45) is 5.92 Å². The number of hydrogen-bond acceptors (Lipinski definition) is 6. The summed E-state index contributed by atoms with van der Waals surface area (Å²) in [6.07, 6.45) is 9.08. The molecular weight excluding hydrogens is 380 g/mol. The molecule has 0 spiro atoms. The van der Waals surface area contributed by atoms with Gasteiger partial charge in [-0.15, -0.1) is 0 Å². The third-order valence-electron chi connectivity index (χ3n) is 6.11. The second kappa shape index (κ2) is 9.73. The van der Waals surface area contributed by atoms with E-state index in [9.17, 15) is 4.79 Å². The minimum absolute atomic E-state index is 0.0725. The van der Waals surface area contributed by atoms with Gasteiger partial charge in [0.05, 0.1) is 6.10 Å². The van der Waals surface area contributed by atoms with Crippen LogP contribution in [0.15, 0.2) is 6.33 Å². The van der Waals surface area contributed by atoms with Crippen LogP contribution in [0.3, 0.4) is 0 Å². The maximum atomic E-state index is 12.5. The predicted molar refractivity (Wildman–Crippen MR) is 117 cm³/mol. The zero-order valence-corrected chi connectivity index (χ0v) is 18.3. The van der Waals surface area contributed by atoms with Crippen molar-refractivity contribution < 1.29 is 9.53 Å². The zero-order valence-electron chi connectivity index (χ0n) is 18.3. The highest BCUT2D eigenvalue weighted by Crippen LogP contribution is 2.29. The molecule has 0 aromatic carbocycles. The smallest absolute Gasteiger partial charge is 0.223 e. The monoisotopic (exact) mass is 414 g/mol. The zero-order chi connectivity index (χ0) is 20.9. The molecule has 2 aromatic rings. The van der Waals surface area contributed by atoms with Gasteiger partial charge in [0.2, 0.25) is 5.91 Å². The maximum Gasteiger partial charge on any atom is 0.223 e. The van der Waals surface area contributed by atoms with E-state index >= 15 is 0 Å². The Hall–Kier alpha value is -2.22. The first kappa shape index (κ1) is 21.0. The molecule has 4 heterocycles. The first-order valence-electron chi connectivity index (χ1n) is 11.5. The lowest BCUT2D eigenvalue weighted by Crippen LogP contribution is -2.41. The molecule has 0 atom stereocenters. The lowest BCUT2D eigenvalue weighted by molar-refractivity contribution is -0.125. The SMILES string of the molecule is CC(C)OCCCNC(=O)C1CCN(c2ncnc3c2nc2n3CCCCC2)CC1. The van der Waals surface area contributed by atoms with Gasteiger partial charge in [-0.05, 0) is 46.0 Å². The van der Waals surface area contributed by atoms with Gasteiger partial charge in [0.15, 0.2) is 17.0 Å². The minimum atomic E-state index is 0.0725. The van der Waals surface area contributed by atoms with Gasteiger partial charge in [-0.1, -0.05) is 6.42 Å². The Morgan fingerprint density at radius 2 is 2.03 bits per heavy atom. The summed E-state index contributed by atoms with van der Waals surface area (Å²) < 4.78 is 7.80. The number of rotatable bonds is 7. The van der Waals surface area contributed by atoms with Crippen LogP contribution in [0, 0.1) is 5.92 Å². The van der Waals surface area contributed by atoms with E-state index in [0.717, 1.165) is 68.1 Å². The summed E-state index contributed by atoms with van der Waals surface area (Å²) in [6.45, 7) is 8.06. The van der Waals surface area contributed by atoms with Gasteiger partial charge in [-0.25, -0.2) is 15.0 Å². The van der Waals surface area contributed by atoms with Crippen molar-refractivity contribution in [2.75, 3.05) is 31.1 Å². The van der Waals surface area contributed by atoms with Crippen molar-refractivity contribution in [3.8, 4) is 0 Å². The van der Waals surface area contributed by atoms with Gasteiger partial charge in [0.1, 0.15) is 12.2 Å². The molecule has 164 valence electrons. The number of nitrogens with one attached hydrogen (secondary N) is 1. The van der Waals surface area contributed by atoms with E-state index in [1.165, 1.54) is 19.3 Å². The molecule has 2 aliphatic rings. The normalized spacial score (nSPS) is 17.9. The summed E-state index contributed by atoms with van der Waals surface area (Å²) in [5.41, 5.74) is 1.88. The summed E-state index contributed by atoms with van der Waals surface area (Å²) >= 11 is 0. The summed E-state index contributed by atoms with van der Waals surface area (Å²) in [6, 6.07) is 0. The molecule has 0 aliphatic carbocycles. The largest absolute Gasteiger partial charge is 0.379 e. The van der Waals surface area contributed by atoms with E-state index in [2.05, 4.69) is 24.8 Å². The third kappa shape index (κ3) is 4.74. The van der Waals surface area contributed by atoms with Crippen LogP contribution in [0.1, 0.15) is 58.2 Å². The molecule has 1 fully saturated rings. The van der Waals surface area contributed by atoms with E-state index in [4.69, 9.17) is 9.72 Å². The Balaban J connectivity index is 1.34. The van der Waals surface area contributed by atoms with Crippen LogP contribution in [0.4, 0.5) is 5.82 Å². The number of carbonyl (C=O) groups is 1. The van der Waals surface area contributed by atoms with Crippen molar-refractivity contribution in [1.29, 1.82) is 0 Å². The van der Waals surface area contributed by atoms with Gasteiger partial charge in [0.25, 0.3) is 0 Å². The number of carbonyl (C=O) groups excluding carboxylic acids is 1. The Labute approximate surface area is 178 Å². The van der Waals surface area contributed by atoms with E-state index in [1.54, 1.807) is 6.33 Å². The van der Waals surface area contributed by atoms with Crippen molar-refractivity contribution >= 4 is 22.9 Å². The fraction of sp³-hybridized carbons (Fsp3) is 0.727. The fourth-order valence-corrected chi connectivity index (χ4v) is 4.46. The van der Waals surface area contributed by atoms with E-state index in [-0.39, 0.29) is 17.9 Å². The number of anilines is 1. The first-order chi connectivity index (χ1) is 14.6. The molecule has 8 nitrogen and oxygen atoms in total. The lowest BCUT2D eigenvalue weighted by Gasteiger charge is -2.32. The molecule has 1 saturated heterocycles. The number of piperidine rings is 1. The average Bonchev–Trinajstić information content (AvgIpc) is 2.94. The molecule has 30 heavy (non-hydrogen) atoms. The number of hydrogen-bond donors (Lipinski definition) is 1. The molecule has 2 aromatic heterocycles. The van der Waals surface area contributed by atoms with Crippen molar-refractivity contribution in [2.45, 2.75) is 71.4 Å². The van der Waals surface area contributed by atoms with Crippen LogP contribution in [-0.4, -0.2) is 57.8 Å². The molecule has 0 bridgehead atoms. The molecular formula is C22H34N6O2. The van der Waals surface area contributed by atoms with Crippen LogP contribution in [0.25, 0.3) is 11.2 Å². The summed E-state index contributed by atoms with van der Waals surface area (Å²) in [7, 11) is 0. The number of fused-ring (bicyclic) bond motifs is 3. The summed E-state index contributed by atoms with van der Waals surface area (Å²) in [5, 5.41) is 3.07. The van der Waals surface area contributed by atoms with Crippen molar-refractivity contribution in [3.63, 3.8) is 0 Å². The number of imidazole rings is 1. The van der Waals surface area contributed by atoms with Crippen LogP contribution < -0.4 is 10.2 Å². The Bertz CT molecular complexity index is 857. The predicted octanol–water partition coefficient (Wildman–Crippen LogP) is 2.70. The van der Waals surface area contributed by atoms with Crippen LogP contribution in [0.2, 0.25) is 0 Å².